The van der Waals surface area contributed by atoms with Gasteiger partial charge in [-0.2, -0.15) is 5.26 Å². The van der Waals surface area contributed by atoms with E-state index in [1.54, 1.807) is 0 Å². The first-order chi connectivity index (χ1) is 9.11. The molecule has 0 radical (unpaired) electrons. The van der Waals surface area contributed by atoms with Crippen LogP contribution in [0.2, 0.25) is 0 Å². The first kappa shape index (κ1) is 14.9. The molecule has 2 aliphatic rings. The van der Waals surface area contributed by atoms with Gasteiger partial charge in [0, 0.05) is 0 Å². The maximum absolute atomic E-state index is 10.9. The number of nitriles is 1. The van der Waals surface area contributed by atoms with Gasteiger partial charge >= 0.3 is 0 Å². The van der Waals surface area contributed by atoms with Gasteiger partial charge in [-0.25, -0.2) is 0 Å². The Hall–Kier alpha value is -0.550. The molecule has 0 bridgehead atoms. The molecule has 0 spiro atoms. The smallest absolute Gasteiger partial charge is 0.0837 e. The molecule has 2 rings (SSSR count). The monoisotopic (exact) mass is 263 g/mol. The van der Waals surface area contributed by atoms with Gasteiger partial charge in [0.1, 0.15) is 0 Å². The molecule has 1 N–H and O–H groups in total. The van der Waals surface area contributed by atoms with E-state index in [1.807, 2.05) is 0 Å². The van der Waals surface area contributed by atoms with Crippen LogP contribution in [0.15, 0.2) is 0 Å². The van der Waals surface area contributed by atoms with E-state index in [4.69, 9.17) is 0 Å². The van der Waals surface area contributed by atoms with Crippen LogP contribution < -0.4 is 0 Å². The standard InChI is InChI=1S/C17H29NO/c1-3-14-7-5-9-17(11-14,12-18)16(19)15-8-4-6-13(2)10-15/h13-16,19H,3-11H2,1-2H3. The molecule has 19 heavy (non-hydrogen) atoms. The zero-order valence-corrected chi connectivity index (χ0v) is 12.6. The molecule has 5 unspecified atom stereocenters. The Morgan fingerprint density at radius 2 is 2.11 bits per heavy atom. The first-order valence-corrected chi connectivity index (χ1v) is 8.20. The minimum atomic E-state index is -0.444. The largest absolute Gasteiger partial charge is 0.391 e. The molecular formula is C17H29NO. The van der Waals surface area contributed by atoms with Gasteiger partial charge in [-0.15, -0.1) is 0 Å². The molecule has 2 fully saturated rings. The second-order valence-corrected chi connectivity index (χ2v) is 7.12. The van der Waals surface area contributed by atoms with Crippen molar-refractivity contribution in [3.05, 3.63) is 0 Å². The highest BCUT2D eigenvalue weighted by Crippen LogP contribution is 2.47. The molecule has 0 heterocycles. The molecule has 108 valence electrons. The van der Waals surface area contributed by atoms with Crippen LogP contribution in [0.25, 0.3) is 0 Å². The van der Waals surface area contributed by atoms with E-state index in [0.717, 1.165) is 44.4 Å². The Morgan fingerprint density at radius 3 is 2.74 bits per heavy atom. The lowest BCUT2D eigenvalue weighted by molar-refractivity contribution is -0.0359. The average Bonchev–Trinajstić information content (AvgIpc) is 2.46. The third kappa shape index (κ3) is 3.14. The highest BCUT2D eigenvalue weighted by Gasteiger charge is 2.45. The van der Waals surface area contributed by atoms with Gasteiger partial charge in [0.25, 0.3) is 0 Å². The lowest BCUT2D eigenvalue weighted by Crippen LogP contribution is -2.44. The second-order valence-electron chi connectivity index (χ2n) is 7.12. The first-order valence-electron chi connectivity index (χ1n) is 8.20. The Bertz CT molecular complexity index is 335. The molecule has 0 aromatic heterocycles. The quantitative estimate of drug-likeness (QED) is 0.825. The fourth-order valence-electron chi connectivity index (χ4n) is 4.43. The maximum atomic E-state index is 10.9. The summed E-state index contributed by atoms with van der Waals surface area (Å²) in [5, 5.41) is 20.6. The van der Waals surface area contributed by atoms with Gasteiger partial charge in [-0.05, 0) is 43.4 Å². The number of nitrogens with zero attached hydrogens (tertiary/aromatic N) is 1. The van der Waals surface area contributed by atoms with Gasteiger partial charge in [0.15, 0.2) is 0 Å². The molecule has 2 saturated carbocycles. The third-order valence-corrected chi connectivity index (χ3v) is 5.68. The maximum Gasteiger partial charge on any atom is 0.0837 e. The highest BCUT2D eigenvalue weighted by atomic mass is 16.3. The molecule has 5 atom stereocenters. The van der Waals surface area contributed by atoms with Crippen LogP contribution in [0, 0.1) is 34.5 Å². The minimum absolute atomic E-state index is 0.360. The topological polar surface area (TPSA) is 44.0 Å². The fourth-order valence-corrected chi connectivity index (χ4v) is 4.43. The summed E-state index contributed by atoms with van der Waals surface area (Å²) in [6.07, 6.45) is 9.69. The van der Waals surface area contributed by atoms with E-state index in [-0.39, 0.29) is 0 Å². The number of aliphatic hydroxyl groups excluding tert-OH is 1. The highest BCUT2D eigenvalue weighted by molar-refractivity contribution is 5.08. The van der Waals surface area contributed by atoms with E-state index in [9.17, 15) is 10.4 Å². The van der Waals surface area contributed by atoms with E-state index < -0.39 is 11.5 Å². The van der Waals surface area contributed by atoms with E-state index in [1.165, 1.54) is 19.3 Å². The van der Waals surface area contributed by atoms with Crippen molar-refractivity contribution in [3.8, 4) is 6.07 Å². The van der Waals surface area contributed by atoms with Crippen molar-refractivity contribution in [2.75, 3.05) is 0 Å². The summed E-state index contributed by atoms with van der Waals surface area (Å²) in [4.78, 5) is 0. The van der Waals surface area contributed by atoms with Crippen molar-refractivity contribution in [1.82, 2.24) is 0 Å². The molecule has 2 heteroatoms. The molecule has 0 saturated heterocycles. The normalized spacial score (nSPS) is 41.5. The Morgan fingerprint density at radius 1 is 1.32 bits per heavy atom. The van der Waals surface area contributed by atoms with Crippen molar-refractivity contribution in [2.24, 2.45) is 23.2 Å². The van der Waals surface area contributed by atoms with Crippen molar-refractivity contribution >= 4 is 0 Å². The summed E-state index contributed by atoms with van der Waals surface area (Å²) in [6, 6.07) is 2.54. The van der Waals surface area contributed by atoms with E-state index in [2.05, 4.69) is 19.9 Å². The van der Waals surface area contributed by atoms with Crippen molar-refractivity contribution in [1.29, 1.82) is 5.26 Å². The van der Waals surface area contributed by atoms with Gasteiger partial charge < -0.3 is 5.11 Å². The second kappa shape index (κ2) is 6.27. The van der Waals surface area contributed by atoms with E-state index >= 15 is 0 Å². The Balaban J connectivity index is 2.09. The van der Waals surface area contributed by atoms with Crippen LogP contribution >= 0.6 is 0 Å². The summed E-state index contributed by atoms with van der Waals surface area (Å²) in [7, 11) is 0. The summed E-state index contributed by atoms with van der Waals surface area (Å²) in [5.74, 6) is 1.72. The summed E-state index contributed by atoms with van der Waals surface area (Å²) >= 11 is 0. The molecule has 0 aromatic rings. The number of aliphatic hydroxyl groups is 1. The van der Waals surface area contributed by atoms with Crippen LogP contribution in [0.4, 0.5) is 0 Å². The van der Waals surface area contributed by atoms with Crippen molar-refractivity contribution < 1.29 is 5.11 Å². The lowest BCUT2D eigenvalue weighted by Gasteiger charge is -2.43. The van der Waals surface area contributed by atoms with Gasteiger partial charge in [0.05, 0.1) is 17.6 Å². The van der Waals surface area contributed by atoms with Gasteiger partial charge in [-0.1, -0.05) is 46.0 Å². The van der Waals surface area contributed by atoms with Crippen LogP contribution in [0.3, 0.4) is 0 Å². The molecule has 0 aliphatic heterocycles. The predicted octanol–water partition coefficient (Wildman–Crippen LogP) is 4.28. The van der Waals surface area contributed by atoms with Crippen LogP contribution in [-0.2, 0) is 0 Å². The van der Waals surface area contributed by atoms with E-state index in [0.29, 0.717) is 11.8 Å². The minimum Gasteiger partial charge on any atom is -0.391 e. The van der Waals surface area contributed by atoms with Gasteiger partial charge in [-0.3, -0.25) is 0 Å². The molecular weight excluding hydrogens is 234 g/mol. The molecule has 2 nitrogen and oxygen atoms in total. The van der Waals surface area contributed by atoms with Gasteiger partial charge in [0.2, 0.25) is 0 Å². The Labute approximate surface area is 118 Å². The molecule has 0 amide bonds. The lowest BCUT2D eigenvalue weighted by atomic mass is 9.62. The van der Waals surface area contributed by atoms with Crippen molar-refractivity contribution in [3.63, 3.8) is 0 Å². The Kier molecular flexibility index (Phi) is 4.90. The third-order valence-electron chi connectivity index (χ3n) is 5.68. The average molecular weight is 263 g/mol. The van der Waals surface area contributed by atoms with Crippen LogP contribution in [0.1, 0.15) is 71.6 Å². The van der Waals surface area contributed by atoms with Crippen LogP contribution in [0.5, 0.6) is 0 Å². The number of hydrogen-bond donors (Lipinski definition) is 1. The summed E-state index contributed by atoms with van der Waals surface area (Å²) in [6.45, 7) is 4.50. The molecule has 2 aliphatic carbocycles. The zero-order valence-electron chi connectivity index (χ0n) is 12.6. The predicted molar refractivity (Wildman–Crippen MR) is 77.4 cm³/mol. The molecule has 0 aromatic carbocycles. The fraction of sp³-hybridized carbons (Fsp3) is 0.941. The van der Waals surface area contributed by atoms with Crippen molar-refractivity contribution in [2.45, 2.75) is 77.7 Å². The summed E-state index contributed by atoms with van der Waals surface area (Å²) in [5.41, 5.74) is -0.444. The van der Waals surface area contributed by atoms with Crippen LogP contribution in [-0.4, -0.2) is 11.2 Å². The zero-order chi connectivity index (χ0) is 13.9. The SMILES string of the molecule is CCC1CCCC(C#N)(C(O)C2CCCC(C)C2)C1. The summed E-state index contributed by atoms with van der Waals surface area (Å²) < 4.78 is 0. The number of rotatable bonds is 3. The number of hydrogen-bond acceptors (Lipinski definition) is 2.